The fourth-order valence-electron chi connectivity index (χ4n) is 4.10. The van der Waals surface area contributed by atoms with Crippen molar-refractivity contribution in [3.8, 4) is 34.5 Å². The minimum Gasteiger partial charge on any atom is -0.493 e. The number of benzene rings is 3. The van der Waals surface area contributed by atoms with Gasteiger partial charge in [0.15, 0.2) is 23.0 Å². The van der Waals surface area contributed by atoms with Crippen LogP contribution in [0.25, 0.3) is 0 Å². The lowest BCUT2D eigenvalue weighted by Crippen LogP contribution is -2.51. The van der Waals surface area contributed by atoms with E-state index in [0.29, 0.717) is 5.75 Å². The van der Waals surface area contributed by atoms with E-state index in [1.807, 2.05) is 30.3 Å². The molecule has 2 atom stereocenters. The van der Waals surface area contributed by atoms with E-state index >= 15 is 0 Å². The maximum absolute atomic E-state index is 13.4. The number of hydrogen-bond acceptors (Lipinski definition) is 9. The Kier molecular flexibility index (Phi) is 5.97. The normalized spacial score (nSPS) is 19.8. The van der Waals surface area contributed by atoms with Gasteiger partial charge in [0, 0.05) is 11.6 Å². The van der Waals surface area contributed by atoms with Crippen molar-refractivity contribution in [3.63, 3.8) is 0 Å². The summed E-state index contributed by atoms with van der Waals surface area (Å²) in [6.45, 7) is 0.177. The molecule has 0 bridgehead atoms. The maximum Gasteiger partial charge on any atom is 0.397 e. The highest BCUT2D eigenvalue weighted by Gasteiger charge is 2.62. The van der Waals surface area contributed by atoms with Crippen molar-refractivity contribution in [2.24, 2.45) is 0 Å². The van der Waals surface area contributed by atoms with Crippen LogP contribution in [0.3, 0.4) is 0 Å². The number of hydrogen-bond donors (Lipinski definition) is 0. The second-order valence-electron chi connectivity index (χ2n) is 7.99. The van der Waals surface area contributed by atoms with Crippen molar-refractivity contribution in [2.45, 2.75) is 17.7 Å². The van der Waals surface area contributed by atoms with Crippen molar-refractivity contribution in [2.75, 3.05) is 21.0 Å². The van der Waals surface area contributed by atoms with E-state index in [1.165, 1.54) is 38.5 Å². The van der Waals surface area contributed by atoms with Crippen molar-refractivity contribution < 1.29 is 38.1 Å². The van der Waals surface area contributed by atoms with Crippen molar-refractivity contribution in [1.29, 1.82) is 0 Å². The molecule has 2 heterocycles. The van der Waals surface area contributed by atoms with Crippen molar-refractivity contribution >= 4 is 17.4 Å². The van der Waals surface area contributed by atoms with Gasteiger partial charge in [-0.2, -0.15) is 0 Å². The molecule has 0 saturated carbocycles. The summed E-state index contributed by atoms with van der Waals surface area (Å²) >= 11 is 6.45. The first-order valence-corrected chi connectivity index (χ1v) is 11.2. The fourth-order valence-corrected chi connectivity index (χ4v) is 4.37. The number of carbonyl (C=O) groups is 1. The number of carbonyl (C=O) groups excluding carboxylic acids is 1. The largest absolute Gasteiger partial charge is 0.493 e. The van der Waals surface area contributed by atoms with Gasteiger partial charge >= 0.3 is 5.00 Å². The minimum absolute atomic E-state index is 0.0457. The number of ketones is 1. The van der Waals surface area contributed by atoms with Crippen LogP contribution in [-0.2, 0) is 6.61 Å². The van der Waals surface area contributed by atoms with E-state index in [2.05, 4.69) is 0 Å². The van der Waals surface area contributed by atoms with Crippen LogP contribution in [0.1, 0.15) is 27.6 Å². The molecule has 10 nitrogen and oxygen atoms in total. The Bertz CT molecular complexity index is 1320. The lowest BCUT2D eigenvalue weighted by Gasteiger charge is -2.33. The van der Waals surface area contributed by atoms with Crippen molar-refractivity contribution in [1.82, 2.24) is 0 Å². The number of fused-ring (bicyclic) bond motifs is 2. The zero-order valence-corrected chi connectivity index (χ0v) is 19.9. The average molecular weight is 514 g/mol. The summed E-state index contributed by atoms with van der Waals surface area (Å²) < 4.78 is 33.6. The van der Waals surface area contributed by atoms with Gasteiger partial charge in [-0.15, -0.1) is 0 Å². The Labute approximate surface area is 210 Å². The van der Waals surface area contributed by atoms with Gasteiger partial charge in [-0.1, -0.05) is 30.3 Å². The molecule has 3 aromatic rings. The van der Waals surface area contributed by atoms with Crippen LogP contribution < -0.4 is 28.4 Å². The highest BCUT2D eigenvalue weighted by atomic mass is 35.5. The quantitative estimate of drug-likeness (QED) is 0.194. The predicted octanol–water partition coefficient (Wildman–Crippen LogP) is 4.54. The summed E-state index contributed by atoms with van der Waals surface area (Å²) in [5.74, 6) is 0.471. The number of nitro groups is 1. The van der Waals surface area contributed by atoms with E-state index in [4.69, 9.17) is 40.0 Å². The zero-order valence-electron chi connectivity index (χ0n) is 19.2. The topological polar surface area (TPSA) is 116 Å². The first kappa shape index (κ1) is 23.6. The second kappa shape index (κ2) is 9.12. The van der Waals surface area contributed by atoms with Gasteiger partial charge in [0.05, 0.1) is 24.7 Å². The third-order valence-electron chi connectivity index (χ3n) is 5.91. The molecule has 0 amide bonds. The Balaban J connectivity index is 1.57. The Morgan fingerprint density at radius 2 is 1.67 bits per heavy atom. The van der Waals surface area contributed by atoms with Gasteiger partial charge in [0.1, 0.15) is 12.4 Å². The van der Waals surface area contributed by atoms with E-state index in [9.17, 15) is 14.9 Å². The molecule has 3 aromatic carbocycles. The van der Waals surface area contributed by atoms with Gasteiger partial charge < -0.3 is 28.4 Å². The molecule has 36 heavy (non-hydrogen) atoms. The molecule has 0 N–H and O–H groups in total. The number of alkyl halides is 1. The molecule has 5 rings (SSSR count). The predicted molar refractivity (Wildman–Crippen MR) is 126 cm³/mol. The Morgan fingerprint density at radius 3 is 2.28 bits per heavy atom. The van der Waals surface area contributed by atoms with E-state index in [-0.39, 0.29) is 53.3 Å². The summed E-state index contributed by atoms with van der Waals surface area (Å²) in [7, 11) is 2.83. The van der Waals surface area contributed by atoms with E-state index in [1.54, 1.807) is 0 Å². The second-order valence-corrected chi connectivity index (χ2v) is 8.56. The van der Waals surface area contributed by atoms with Crippen LogP contribution in [-0.4, -0.2) is 36.7 Å². The monoisotopic (exact) mass is 513 g/mol. The van der Waals surface area contributed by atoms with Gasteiger partial charge in [0.25, 0.3) is 5.78 Å². The highest BCUT2D eigenvalue weighted by molar-refractivity contribution is 6.37. The molecule has 0 fully saturated rings. The summed E-state index contributed by atoms with van der Waals surface area (Å²) in [5, 5.41) is 12.2. The first-order chi connectivity index (χ1) is 17.4. The standard InChI is InChI=1S/C25H20ClNO9/c1-31-20-8-15(9-21(32-2)22(20)33-12-14-6-4-3-5-7-14)24-25(26,27(29)30)23(28)16-10-18-19(35-13-34-18)11-17(16)36-24/h3-11,24H,12-13H2,1-2H3/t24-,25+/m1/s1. The summed E-state index contributed by atoms with van der Waals surface area (Å²) in [4.78, 5) is 22.0. The van der Waals surface area contributed by atoms with E-state index < -0.39 is 21.8 Å². The zero-order chi connectivity index (χ0) is 25.4. The maximum atomic E-state index is 13.4. The summed E-state index contributed by atoms with van der Waals surface area (Å²) in [5.41, 5.74) is 1.01. The molecule has 2 aliphatic rings. The first-order valence-electron chi connectivity index (χ1n) is 10.8. The number of Topliss-reactive ketones (excluding diaryl/α,β-unsaturated/α-hetero) is 1. The van der Waals surface area contributed by atoms with Crippen LogP contribution in [0, 0.1) is 10.1 Å². The van der Waals surface area contributed by atoms with Gasteiger partial charge in [-0.3, -0.25) is 14.9 Å². The number of halogens is 1. The Hall–Kier alpha value is -4.18. The molecule has 2 aliphatic heterocycles. The molecular formula is C25H20ClNO9. The minimum atomic E-state index is -2.66. The third kappa shape index (κ3) is 3.79. The SMILES string of the molecule is COc1cc([C@H]2Oc3cc4c(cc3C(=O)[C@]2(Cl)[N+](=O)[O-])OCO4)cc(OC)c1OCc1ccccc1. The number of rotatable bonds is 7. The molecule has 0 saturated heterocycles. The molecular weight excluding hydrogens is 494 g/mol. The summed E-state index contributed by atoms with van der Waals surface area (Å²) in [6.07, 6.45) is -1.53. The molecule has 0 radical (unpaired) electrons. The fraction of sp³-hybridized carbons (Fsp3) is 0.240. The van der Waals surface area contributed by atoms with Gasteiger partial charge in [-0.05, 0) is 35.4 Å². The van der Waals surface area contributed by atoms with Crippen LogP contribution in [0.4, 0.5) is 0 Å². The van der Waals surface area contributed by atoms with Crippen LogP contribution in [0.15, 0.2) is 54.6 Å². The van der Waals surface area contributed by atoms with Crippen LogP contribution in [0.5, 0.6) is 34.5 Å². The molecule has 186 valence electrons. The molecule has 0 aliphatic carbocycles. The average Bonchev–Trinajstić information content (AvgIpc) is 3.36. The number of nitrogens with zero attached hydrogens (tertiary/aromatic N) is 1. The van der Waals surface area contributed by atoms with Crippen LogP contribution >= 0.6 is 11.6 Å². The van der Waals surface area contributed by atoms with Gasteiger partial charge in [0.2, 0.25) is 18.6 Å². The van der Waals surface area contributed by atoms with E-state index in [0.717, 1.165) is 5.56 Å². The lowest BCUT2D eigenvalue weighted by atomic mass is 9.90. The summed E-state index contributed by atoms with van der Waals surface area (Å²) in [6, 6.07) is 15.2. The molecule has 0 spiro atoms. The smallest absolute Gasteiger partial charge is 0.397 e. The Morgan fingerprint density at radius 1 is 1.03 bits per heavy atom. The van der Waals surface area contributed by atoms with Crippen LogP contribution in [0.2, 0.25) is 0 Å². The molecule has 0 aromatic heterocycles. The van der Waals surface area contributed by atoms with Gasteiger partial charge in [-0.25, -0.2) is 0 Å². The highest BCUT2D eigenvalue weighted by Crippen LogP contribution is 2.51. The third-order valence-corrected chi connectivity index (χ3v) is 6.42. The molecule has 11 heteroatoms. The molecule has 0 unspecified atom stereocenters. The van der Waals surface area contributed by atoms with Crippen molar-refractivity contribution in [3.05, 3.63) is 81.4 Å². The lowest BCUT2D eigenvalue weighted by molar-refractivity contribution is -0.536. The number of ether oxygens (including phenoxy) is 6. The number of methoxy groups -OCH3 is 2.